The average molecular weight is 559 g/mol. The lowest BCUT2D eigenvalue weighted by atomic mass is 9.85. The highest BCUT2D eigenvalue weighted by Crippen LogP contribution is 2.48. The number of amides is 1. The van der Waals surface area contributed by atoms with Crippen LogP contribution in [0.15, 0.2) is 39.9 Å². The monoisotopic (exact) mass is 558 g/mol. The molecular weight excluding hydrogens is 531 g/mol. The van der Waals surface area contributed by atoms with Gasteiger partial charge in [-0.25, -0.2) is 35.5 Å². The first-order valence-corrected chi connectivity index (χ1v) is 13.3. The third-order valence-electron chi connectivity index (χ3n) is 7.13. The van der Waals surface area contributed by atoms with Gasteiger partial charge in [-0.3, -0.25) is 14.8 Å². The molecule has 0 aliphatic carbocycles. The summed E-state index contributed by atoms with van der Waals surface area (Å²) in [5, 5.41) is 1.96. The van der Waals surface area contributed by atoms with Crippen molar-refractivity contribution in [2.24, 2.45) is 15.1 Å². The lowest BCUT2D eigenvalue weighted by Crippen LogP contribution is -2.58. The van der Waals surface area contributed by atoms with Crippen LogP contribution in [0.25, 0.3) is 0 Å². The number of rotatable bonds is 7. The number of halogens is 5. The maximum absolute atomic E-state index is 15.1. The number of aromatic nitrogens is 2. The van der Waals surface area contributed by atoms with Gasteiger partial charge in [0, 0.05) is 30.4 Å². The van der Waals surface area contributed by atoms with Crippen molar-refractivity contribution in [3.05, 3.63) is 53.4 Å². The van der Waals surface area contributed by atoms with Gasteiger partial charge in [0.15, 0.2) is 0 Å². The number of aryl methyl sites for hydroxylation is 1. The van der Waals surface area contributed by atoms with Crippen LogP contribution in [0, 0.1) is 5.82 Å². The Bertz CT molecular complexity index is 1410. The Morgan fingerprint density at radius 3 is 2.58 bits per heavy atom. The first-order chi connectivity index (χ1) is 17.6. The summed E-state index contributed by atoms with van der Waals surface area (Å²) in [6, 6.07) is 3.85. The van der Waals surface area contributed by atoms with E-state index in [-0.39, 0.29) is 28.5 Å². The Hall–Kier alpha value is -3.16. The van der Waals surface area contributed by atoms with E-state index in [1.54, 1.807) is 20.8 Å². The summed E-state index contributed by atoms with van der Waals surface area (Å²) in [5.41, 5.74) is 5.02. The van der Waals surface area contributed by atoms with Crippen molar-refractivity contribution in [2.75, 3.05) is 11.9 Å². The molecule has 0 fully saturated rings. The molecule has 38 heavy (non-hydrogen) atoms. The van der Waals surface area contributed by atoms with Crippen LogP contribution in [0.4, 0.5) is 27.6 Å². The molecule has 1 amide bonds. The fourth-order valence-electron chi connectivity index (χ4n) is 4.70. The molecule has 3 heterocycles. The molecule has 1 aromatic carbocycles. The van der Waals surface area contributed by atoms with Crippen LogP contribution in [-0.2, 0) is 21.7 Å². The molecule has 1 aromatic heterocycles. The largest absolute Gasteiger partial charge is 0.386 e. The number of hydrogen-bond acceptors (Lipinski definition) is 7. The minimum Gasteiger partial charge on any atom is -0.386 e. The molecule has 0 spiro atoms. The SMILES string of the molecule is CC1(C)C(N)=N[C@](C)(c2cc(NC(=O)c3cnc(CCC(F)(F)C(F)F)cn3)ccc2F)[C@@H]2CCN=[S@@]21=O. The van der Waals surface area contributed by atoms with Crippen molar-refractivity contribution in [2.45, 2.75) is 67.9 Å². The summed E-state index contributed by atoms with van der Waals surface area (Å²) >= 11 is 0. The van der Waals surface area contributed by atoms with Crippen molar-refractivity contribution in [1.82, 2.24) is 9.97 Å². The summed E-state index contributed by atoms with van der Waals surface area (Å²) in [7, 11) is -2.89. The first-order valence-electron chi connectivity index (χ1n) is 11.8. The number of nitrogens with one attached hydrogen (secondary N) is 1. The Balaban J connectivity index is 1.57. The highest BCUT2D eigenvalue weighted by atomic mass is 32.2. The molecule has 2 aromatic rings. The van der Waals surface area contributed by atoms with Gasteiger partial charge in [0.25, 0.3) is 5.91 Å². The predicted molar refractivity (Wildman–Crippen MR) is 133 cm³/mol. The molecule has 2 aliphatic rings. The molecule has 0 bridgehead atoms. The first kappa shape index (κ1) is 27.9. The van der Waals surface area contributed by atoms with Crippen molar-refractivity contribution >= 4 is 27.2 Å². The smallest absolute Gasteiger partial charge is 0.307 e. The molecule has 206 valence electrons. The van der Waals surface area contributed by atoms with Gasteiger partial charge in [-0.15, -0.1) is 0 Å². The van der Waals surface area contributed by atoms with E-state index in [4.69, 9.17) is 5.73 Å². The fourth-order valence-corrected chi connectivity index (χ4v) is 7.86. The fraction of sp³-hybridized carbons (Fsp3) is 0.500. The molecule has 0 radical (unpaired) electrons. The van der Waals surface area contributed by atoms with Gasteiger partial charge in [-0.2, -0.15) is 0 Å². The van der Waals surface area contributed by atoms with Crippen molar-refractivity contribution < 1.29 is 31.0 Å². The Kier molecular flexibility index (Phi) is 7.00. The zero-order valence-corrected chi connectivity index (χ0v) is 21.7. The van der Waals surface area contributed by atoms with E-state index in [9.17, 15) is 26.6 Å². The number of alkyl halides is 4. The summed E-state index contributed by atoms with van der Waals surface area (Å²) in [4.78, 5) is 25.0. The number of benzene rings is 1. The molecule has 3 N–H and O–H groups in total. The van der Waals surface area contributed by atoms with Crippen LogP contribution in [0.1, 0.15) is 55.4 Å². The van der Waals surface area contributed by atoms with Gasteiger partial charge in [0.05, 0.1) is 26.9 Å². The van der Waals surface area contributed by atoms with E-state index < -0.39 is 62.2 Å². The van der Waals surface area contributed by atoms with E-state index >= 15 is 4.39 Å². The summed E-state index contributed by atoms with van der Waals surface area (Å²) in [6.07, 6.45) is -2.86. The van der Waals surface area contributed by atoms with Gasteiger partial charge in [0.1, 0.15) is 27.6 Å². The van der Waals surface area contributed by atoms with Gasteiger partial charge < -0.3 is 11.1 Å². The van der Waals surface area contributed by atoms with Crippen LogP contribution in [0.2, 0.25) is 0 Å². The number of anilines is 1. The topological polar surface area (TPSA) is 123 Å². The third-order valence-corrected chi connectivity index (χ3v) is 10.8. The van der Waals surface area contributed by atoms with Crippen molar-refractivity contribution in [3.63, 3.8) is 0 Å². The van der Waals surface area contributed by atoms with Crippen molar-refractivity contribution in [1.29, 1.82) is 0 Å². The normalized spacial score (nSPS) is 26.4. The second-order valence-electron chi connectivity index (χ2n) is 9.96. The van der Waals surface area contributed by atoms with E-state index in [2.05, 4.69) is 24.6 Å². The summed E-state index contributed by atoms with van der Waals surface area (Å²) < 4.78 is 83.4. The molecule has 2 aliphatic heterocycles. The van der Waals surface area contributed by atoms with E-state index in [0.717, 1.165) is 18.5 Å². The van der Waals surface area contributed by atoms with Crippen LogP contribution in [0.3, 0.4) is 0 Å². The quantitative estimate of drug-likeness (QED) is 0.491. The van der Waals surface area contributed by atoms with E-state index in [1.807, 2.05) is 0 Å². The number of aliphatic imine (C=N–C) groups is 1. The minimum absolute atomic E-state index is 0.0140. The third kappa shape index (κ3) is 4.63. The molecule has 3 atom stereocenters. The predicted octanol–water partition coefficient (Wildman–Crippen LogP) is 4.31. The number of fused-ring (bicyclic) bond motifs is 1. The molecule has 8 nitrogen and oxygen atoms in total. The van der Waals surface area contributed by atoms with Crippen LogP contribution >= 0.6 is 0 Å². The Morgan fingerprint density at radius 1 is 1.24 bits per heavy atom. The highest BCUT2D eigenvalue weighted by Gasteiger charge is 2.56. The Morgan fingerprint density at radius 2 is 1.95 bits per heavy atom. The number of carbonyl (C=O) groups is 1. The standard InChI is InChI=1S/C24H27F5N6O2S/c1-22(2)21(30)35-23(3,18-7-9-33-38(18,22)37)15-10-13(4-5-16(15)25)34-19(36)17-12-31-14(11-32-17)6-8-24(28,29)20(26)27/h4-5,10-12,18,20H,6-9H2,1-3H3,(H2,30,35)(H,34,36)/t18-,23+,38+/m0/s1. The molecular formula is C24H27F5N6O2S. The second kappa shape index (κ2) is 9.54. The second-order valence-corrected chi connectivity index (χ2v) is 12.9. The molecule has 0 unspecified atom stereocenters. The van der Waals surface area contributed by atoms with Crippen LogP contribution in [0.5, 0.6) is 0 Å². The summed E-state index contributed by atoms with van der Waals surface area (Å²) in [6.45, 7) is 5.39. The summed E-state index contributed by atoms with van der Waals surface area (Å²) in [5.74, 6) is -5.41. The molecule has 0 saturated heterocycles. The zero-order valence-electron chi connectivity index (χ0n) is 20.9. The van der Waals surface area contributed by atoms with Crippen molar-refractivity contribution in [3.8, 4) is 0 Å². The van der Waals surface area contributed by atoms with Gasteiger partial charge >= 0.3 is 12.3 Å². The highest BCUT2D eigenvalue weighted by molar-refractivity contribution is 7.96. The average Bonchev–Trinajstić information content (AvgIpc) is 3.28. The number of carbonyl (C=O) groups excluding carboxylic acids is 1. The number of nitrogens with zero attached hydrogens (tertiary/aromatic N) is 4. The minimum atomic E-state index is -4.16. The number of nitrogens with two attached hydrogens (primary N) is 1. The van der Waals surface area contributed by atoms with Gasteiger partial charge in [0.2, 0.25) is 0 Å². The molecule has 14 heteroatoms. The van der Waals surface area contributed by atoms with Crippen LogP contribution < -0.4 is 11.1 Å². The number of amidine groups is 1. The maximum atomic E-state index is 15.1. The maximum Gasteiger partial charge on any atom is 0.307 e. The lowest BCUT2D eigenvalue weighted by Gasteiger charge is -2.44. The molecule has 4 rings (SSSR count). The van der Waals surface area contributed by atoms with E-state index in [0.29, 0.717) is 13.0 Å². The van der Waals surface area contributed by atoms with Gasteiger partial charge in [-0.1, -0.05) is 0 Å². The zero-order chi connectivity index (χ0) is 28.1. The Labute approximate surface area is 216 Å². The van der Waals surface area contributed by atoms with E-state index in [1.165, 1.54) is 12.1 Å². The lowest BCUT2D eigenvalue weighted by molar-refractivity contribution is -0.132. The number of hydrogen-bond donors (Lipinski definition) is 2. The van der Waals surface area contributed by atoms with Crippen LogP contribution in [-0.4, -0.2) is 54.8 Å². The van der Waals surface area contributed by atoms with Gasteiger partial charge in [-0.05, 0) is 51.8 Å². The molecule has 0 saturated carbocycles.